The maximum atomic E-state index is 5.77. The third kappa shape index (κ3) is 2.58. The fourth-order valence-electron chi connectivity index (χ4n) is 2.70. The van der Waals surface area contributed by atoms with Gasteiger partial charge >= 0.3 is 0 Å². The summed E-state index contributed by atoms with van der Waals surface area (Å²) in [5, 5.41) is 4.47. The first-order valence-corrected chi connectivity index (χ1v) is 7.53. The number of hydrogen-bond acceptors (Lipinski definition) is 4. The summed E-state index contributed by atoms with van der Waals surface area (Å²) in [5.41, 5.74) is 7.62. The summed E-state index contributed by atoms with van der Waals surface area (Å²) < 4.78 is 1.17. The van der Waals surface area contributed by atoms with Gasteiger partial charge in [0.2, 0.25) is 0 Å². The SMILES string of the molecule is Nc1ccc2nc(NCCC3CCCC3)sc2c1. The number of anilines is 2. The average Bonchev–Trinajstić information content (AvgIpc) is 2.97. The van der Waals surface area contributed by atoms with Gasteiger partial charge in [0.25, 0.3) is 0 Å². The molecule has 0 atom stereocenters. The van der Waals surface area contributed by atoms with Crippen LogP contribution in [0, 0.1) is 5.92 Å². The summed E-state index contributed by atoms with van der Waals surface area (Å²) in [6, 6.07) is 5.89. The molecule has 1 aromatic carbocycles. The van der Waals surface area contributed by atoms with Crippen molar-refractivity contribution in [2.75, 3.05) is 17.6 Å². The minimum atomic E-state index is 0.809. The number of nitrogens with two attached hydrogens (primary N) is 1. The van der Waals surface area contributed by atoms with Crippen molar-refractivity contribution in [1.29, 1.82) is 0 Å². The maximum absolute atomic E-state index is 5.77. The second-order valence-corrected chi connectivity index (χ2v) is 6.14. The third-order valence-corrected chi connectivity index (χ3v) is 4.69. The zero-order chi connectivity index (χ0) is 12.4. The second-order valence-electron chi connectivity index (χ2n) is 5.11. The van der Waals surface area contributed by atoms with Gasteiger partial charge in [0.1, 0.15) is 0 Å². The number of fused-ring (bicyclic) bond motifs is 1. The highest BCUT2D eigenvalue weighted by Gasteiger charge is 2.14. The van der Waals surface area contributed by atoms with Gasteiger partial charge in [-0.05, 0) is 30.5 Å². The summed E-state index contributed by atoms with van der Waals surface area (Å²) in [5.74, 6) is 0.933. The van der Waals surface area contributed by atoms with Crippen molar-refractivity contribution < 1.29 is 0 Å². The Kier molecular flexibility index (Phi) is 3.37. The first-order valence-electron chi connectivity index (χ1n) is 6.71. The predicted octanol–water partition coefficient (Wildman–Crippen LogP) is 3.87. The van der Waals surface area contributed by atoms with E-state index in [0.717, 1.165) is 28.8 Å². The van der Waals surface area contributed by atoms with E-state index >= 15 is 0 Å². The van der Waals surface area contributed by atoms with Gasteiger partial charge in [-0.3, -0.25) is 0 Å². The van der Waals surface area contributed by atoms with Crippen LogP contribution in [0.1, 0.15) is 32.1 Å². The number of aromatic nitrogens is 1. The van der Waals surface area contributed by atoms with Crippen LogP contribution in [-0.4, -0.2) is 11.5 Å². The highest BCUT2D eigenvalue weighted by molar-refractivity contribution is 7.22. The van der Waals surface area contributed by atoms with Gasteiger partial charge in [0.15, 0.2) is 5.13 Å². The largest absolute Gasteiger partial charge is 0.399 e. The standard InChI is InChI=1S/C14H19N3S/c15-11-5-6-12-13(9-11)18-14(17-12)16-8-7-10-3-1-2-4-10/h5-6,9-10H,1-4,7-8,15H2,(H,16,17). The highest BCUT2D eigenvalue weighted by Crippen LogP contribution is 2.29. The molecule has 1 aromatic heterocycles. The Morgan fingerprint density at radius 1 is 1.33 bits per heavy atom. The van der Waals surface area contributed by atoms with Crippen LogP contribution in [-0.2, 0) is 0 Å². The molecule has 0 amide bonds. The molecule has 0 unspecified atom stereocenters. The first kappa shape index (κ1) is 11.8. The molecule has 3 nitrogen and oxygen atoms in total. The number of nitrogens with one attached hydrogen (secondary N) is 1. The van der Waals surface area contributed by atoms with E-state index in [0.29, 0.717) is 0 Å². The zero-order valence-electron chi connectivity index (χ0n) is 10.5. The molecule has 3 N–H and O–H groups in total. The van der Waals surface area contributed by atoms with E-state index in [4.69, 9.17) is 5.73 Å². The third-order valence-electron chi connectivity index (χ3n) is 3.72. The Labute approximate surface area is 111 Å². The van der Waals surface area contributed by atoms with Crippen LogP contribution in [0.4, 0.5) is 10.8 Å². The van der Waals surface area contributed by atoms with Gasteiger partial charge in [0, 0.05) is 12.2 Å². The van der Waals surface area contributed by atoms with Crippen molar-refractivity contribution >= 4 is 32.4 Å². The summed E-state index contributed by atoms with van der Waals surface area (Å²) in [6.07, 6.45) is 6.95. The van der Waals surface area contributed by atoms with Crippen molar-refractivity contribution in [2.24, 2.45) is 5.92 Å². The Hall–Kier alpha value is -1.29. The molecule has 1 fully saturated rings. The van der Waals surface area contributed by atoms with E-state index in [2.05, 4.69) is 10.3 Å². The van der Waals surface area contributed by atoms with E-state index in [-0.39, 0.29) is 0 Å². The summed E-state index contributed by atoms with van der Waals surface area (Å²) in [6.45, 7) is 1.04. The normalized spacial score (nSPS) is 16.4. The van der Waals surface area contributed by atoms with Gasteiger partial charge < -0.3 is 11.1 Å². The van der Waals surface area contributed by atoms with E-state index in [1.54, 1.807) is 11.3 Å². The molecule has 18 heavy (non-hydrogen) atoms. The lowest BCUT2D eigenvalue weighted by Gasteiger charge is -2.08. The minimum absolute atomic E-state index is 0.809. The van der Waals surface area contributed by atoms with Gasteiger partial charge in [-0.2, -0.15) is 0 Å². The summed E-state index contributed by atoms with van der Waals surface area (Å²) in [7, 11) is 0. The Morgan fingerprint density at radius 3 is 3.00 bits per heavy atom. The smallest absolute Gasteiger partial charge is 0.183 e. The molecule has 0 bridgehead atoms. The molecule has 96 valence electrons. The van der Waals surface area contributed by atoms with Crippen molar-refractivity contribution in [3.8, 4) is 0 Å². The van der Waals surface area contributed by atoms with Crippen LogP contribution in [0.3, 0.4) is 0 Å². The van der Waals surface area contributed by atoms with E-state index in [9.17, 15) is 0 Å². The van der Waals surface area contributed by atoms with E-state index in [1.165, 1.54) is 36.8 Å². The summed E-state index contributed by atoms with van der Waals surface area (Å²) >= 11 is 1.69. The zero-order valence-corrected chi connectivity index (χ0v) is 11.3. The highest BCUT2D eigenvalue weighted by atomic mass is 32.1. The molecule has 3 rings (SSSR count). The topological polar surface area (TPSA) is 50.9 Å². The number of nitrogen functional groups attached to an aromatic ring is 1. The summed E-state index contributed by atoms with van der Waals surface area (Å²) in [4.78, 5) is 4.57. The van der Waals surface area contributed by atoms with Crippen molar-refractivity contribution in [1.82, 2.24) is 4.98 Å². The lowest BCUT2D eigenvalue weighted by molar-refractivity contribution is 0.518. The van der Waals surface area contributed by atoms with Crippen LogP contribution in [0.5, 0.6) is 0 Å². The number of rotatable bonds is 4. The molecule has 1 aliphatic rings. The number of hydrogen-bond donors (Lipinski definition) is 2. The van der Waals surface area contributed by atoms with Crippen LogP contribution < -0.4 is 11.1 Å². The van der Waals surface area contributed by atoms with Gasteiger partial charge in [0.05, 0.1) is 10.2 Å². The molecule has 1 saturated carbocycles. The molecule has 0 spiro atoms. The van der Waals surface area contributed by atoms with Crippen molar-refractivity contribution in [2.45, 2.75) is 32.1 Å². The van der Waals surface area contributed by atoms with Crippen molar-refractivity contribution in [3.63, 3.8) is 0 Å². The van der Waals surface area contributed by atoms with Gasteiger partial charge in [-0.1, -0.05) is 37.0 Å². The molecule has 0 radical (unpaired) electrons. The van der Waals surface area contributed by atoms with Crippen LogP contribution in [0.15, 0.2) is 18.2 Å². The van der Waals surface area contributed by atoms with Crippen LogP contribution in [0.2, 0.25) is 0 Å². The average molecular weight is 261 g/mol. The predicted molar refractivity (Wildman–Crippen MR) is 79.1 cm³/mol. The maximum Gasteiger partial charge on any atom is 0.183 e. The molecule has 0 saturated heterocycles. The second kappa shape index (κ2) is 5.14. The lowest BCUT2D eigenvalue weighted by atomic mass is 10.0. The number of benzene rings is 1. The van der Waals surface area contributed by atoms with E-state index in [1.807, 2.05) is 18.2 Å². The van der Waals surface area contributed by atoms with E-state index < -0.39 is 0 Å². The Morgan fingerprint density at radius 2 is 2.17 bits per heavy atom. The quantitative estimate of drug-likeness (QED) is 0.821. The molecule has 4 heteroatoms. The fraction of sp³-hybridized carbons (Fsp3) is 0.500. The van der Waals surface area contributed by atoms with Gasteiger partial charge in [-0.15, -0.1) is 0 Å². The first-order chi connectivity index (χ1) is 8.81. The molecule has 1 heterocycles. The Bertz CT molecular complexity index is 529. The van der Waals surface area contributed by atoms with Crippen LogP contribution in [0.25, 0.3) is 10.2 Å². The Balaban J connectivity index is 1.60. The molecule has 0 aliphatic heterocycles. The molecule has 2 aromatic rings. The number of nitrogens with zero attached hydrogens (tertiary/aromatic N) is 1. The monoisotopic (exact) mass is 261 g/mol. The minimum Gasteiger partial charge on any atom is -0.399 e. The fourth-order valence-corrected chi connectivity index (χ4v) is 3.64. The lowest BCUT2D eigenvalue weighted by Crippen LogP contribution is -2.06. The van der Waals surface area contributed by atoms with Crippen LogP contribution >= 0.6 is 11.3 Å². The number of thiazole rings is 1. The molecular weight excluding hydrogens is 242 g/mol. The molecule has 1 aliphatic carbocycles. The van der Waals surface area contributed by atoms with Gasteiger partial charge in [-0.25, -0.2) is 4.98 Å². The molecular formula is C14H19N3S. The van der Waals surface area contributed by atoms with Crippen molar-refractivity contribution in [3.05, 3.63) is 18.2 Å².